The SMILES string of the molecule is NC1CCn2c(cc3c(O)cccc32)C1. The summed E-state index contributed by atoms with van der Waals surface area (Å²) >= 11 is 0. The van der Waals surface area contributed by atoms with Crippen molar-refractivity contribution in [3.05, 3.63) is 30.0 Å². The molecule has 1 unspecified atom stereocenters. The van der Waals surface area contributed by atoms with Gasteiger partial charge in [-0.1, -0.05) is 6.07 Å². The minimum atomic E-state index is 0.268. The summed E-state index contributed by atoms with van der Waals surface area (Å²) in [5.41, 5.74) is 8.30. The number of phenolic OH excluding ortho intramolecular Hbond substituents is 1. The van der Waals surface area contributed by atoms with Crippen molar-refractivity contribution in [2.45, 2.75) is 25.4 Å². The summed E-state index contributed by atoms with van der Waals surface area (Å²) in [7, 11) is 0. The second kappa shape index (κ2) is 3.00. The lowest BCUT2D eigenvalue weighted by Crippen LogP contribution is -2.30. The molecule has 0 saturated carbocycles. The van der Waals surface area contributed by atoms with Crippen molar-refractivity contribution >= 4 is 10.9 Å². The van der Waals surface area contributed by atoms with Crippen LogP contribution in [0.4, 0.5) is 0 Å². The maximum absolute atomic E-state index is 9.74. The van der Waals surface area contributed by atoms with E-state index in [1.807, 2.05) is 6.07 Å². The third kappa shape index (κ3) is 1.23. The molecule has 1 aliphatic rings. The average Bonchev–Trinajstić information content (AvgIpc) is 2.57. The minimum absolute atomic E-state index is 0.268. The van der Waals surface area contributed by atoms with Crippen LogP contribution in [0.1, 0.15) is 12.1 Å². The van der Waals surface area contributed by atoms with E-state index in [2.05, 4.69) is 16.7 Å². The Labute approximate surface area is 88.1 Å². The van der Waals surface area contributed by atoms with E-state index in [1.165, 1.54) is 5.69 Å². The predicted molar refractivity (Wildman–Crippen MR) is 59.9 cm³/mol. The summed E-state index contributed by atoms with van der Waals surface area (Å²) in [4.78, 5) is 0. The van der Waals surface area contributed by atoms with E-state index in [9.17, 15) is 5.11 Å². The Morgan fingerprint density at radius 3 is 3.13 bits per heavy atom. The van der Waals surface area contributed by atoms with Crippen molar-refractivity contribution in [3.63, 3.8) is 0 Å². The van der Waals surface area contributed by atoms with Crippen LogP contribution < -0.4 is 5.73 Å². The molecule has 0 saturated heterocycles. The van der Waals surface area contributed by atoms with Gasteiger partial charge in [0.2, 0.25) is 0 Å². The highest BCUT2D eigenvalue weighted by atomic mass is 16.3. The number of hydrogen-bond donors (Lipinski definition) is 2. The Kier molecular flexibility index (Phi) is 1.76. The summed E-state index contributed by atoms with van der Waals surface area (Å²) in [6.45, 7) is 0.962. The molecule has 0 bridgehead atoms. The smallest absolute Gasteiger partial charge is 0.124 e. The number of phenols is 1. The quantitative estimate of drug-likeness (QED) is 0.682. The van der Waals surface area contributed by atoms with Gasteiger partial charge in [-0.15, -0.1) is 0 Å². The van der Waals surface area contributed by atoms with Crippen LogP contribution in [0.3, 0.4) is 0 Å². The van der Waals surface area contributed by atoms with Gasteiger partial charge in [0.25, 0.3) is 0 Å². The maximum atomic E-state index is 9.74. The minimum Gasteiger partial charge on any atom is -0.507 e. The maximum Gasteiger partial charge on any atom is 0.124 e. The Balaban J connectivity index is 2.27. The van der Waals surface area contributed by atoms with Gasteiger partial charge in [0.1, 0.15) is 5.75 Å². The summed E-state index contributed by atoms with van der Waals surface area (Å²) in [5, 5.41) is 10.7. The van der Waals surface area contributed by atoms with E-state index >= 15 is 0 Å². The van der Waals surface area contributed by atoms with E-state index in [0.717, 1.165) is 30.3 Å². The largest absolute Gasteiger partial charge is 0.507 e. The Hall–Kier alpha value is -1.48. The van der Waals surface area contributed by atoms with Crippen molar-refractivity contribution in [1.29, 1.82) is 0 Å². The first-order chi connectivity index (χ1) is 7.25. The van der Waals surface area contributed by atoms with Gasteiger partial charge >= 0.3 is 0 Å². The molecule has 15 heavy (non-hydrogen) atoms. The molecule has 3 heteroatoms. The van der Waals surface area contributed by atoms with Crippen LogP contribution in [0.15, 0.2) is 24.3 Å². The van der Waals surface area contributed by atoms with Crippen LogP contribution >= 0.6 is 0 Å². The number of aromatic hydroxyl groups is 1. The summed E-state index contributed by atoms with van der Waals surface area (Å²) < 4.78 is 2.26. The fourth-order valence-electron chi connectivity index (χ4n) is 2.42. The normalized spacial score (nSPS) is 20.5. The first kappa shape index (κ1) is 8.80. The molecule has 2 heterocycles. The topological polar surface area (TPSA) is 51.2 Å². The standard InChI is InChI=1S/C12H14N2O/c13-8-4-5-14-9(6-8)7-10-11(14)2-1-3-12(10)15/h1-3,7-8,15H,4-6,13H2. The van der Waals surface area contributed by atoms with Crippen molar-refractivity contribution < 1.29 is 5.11 Å². The first-order valence-corrected chi connectivity index (χ1v) is 5.31. The fraction of sp³-hybridized carbons (Fsp3) is 0.333. The lowest BCUT2D eigenvalue weighted by atomic mass is 10.1. The Bertz CT molecular complexity index is 516. The molecular weight excluding hydrogens is 188 g/mol. The number of rotatable bonds is 0. The van der Waals surface area contributed by atoms with Crippen molar-refractivity contribution in [1.82, 2.24) is 4.57 Å². The van der Waals surface area contributed by atoms with Gasteiger partial charge in [-0.05, 0) is 24.6 Å². The molecule has 3 rings (SSSR count). The molecule has 1 aromatic carbocycles. The average molecular weight is 202 g/mol. The molecule has 0 amide bonds. The molecule has 0 aliphatic carbocycles. The Morgan fingerprint density at radius 2 is 2.27 bits per heavy atom. The first-order valence-electron chi connectivity index (χ1n) is 5.31. The van der Waals surface area contributed by atoms with E-state index in [1.54, 1.807) is 6.07 Å². The molecule has 1 atom stereocenters. The van der Waals surface area contributed by atoms with Gasteiger partial charge in [0.15, 0.2) is 0 Å². The second-order valence-electron chi connectivity index (χ2n) is 4.25. The molecule has 0 fully saturated rings. The number of fused-ring (bicyclic) bond motifs is 3. The molecule has 2 aromatic rings. The highest BCUT2D eigenvalue weighted by Gasteiger charge is 2.18. The van der Waals surface area contributed by atoms with Crippen molar-refractivity contribution in [3.8, 4) is 5.75 Å². The molecule has 3 N–H and O–H groups in total. The van der Waals surface area contributed by atoms with Crippen LogP contribution in [-0.2, 0) is 13.0 Å². The second-order valence-corrected chi connectivity index (χ2v) is 4.25. The Morgan fingerprint density at radius 1 is 1.40 bits per heavy atom. The van der Waals surface area contributed by atoms with Gasteiger partial charge < -0.3 is 15.4 Å². The van der Waals surface area contributed by atoms with Crippen LogP contribution in [0.2, 0.25) is 0 Å². The van der Waals surface area contributed by atoms with Crippen LogP contribution in [0, 0.1) is 0 Å². The zero-order chi connectivity index (χ0) is 10.4. The third-order valence-electron chi connectivity index (χ3n) is 3.20. The highest BCUT2D eigenvalue weighted by Crippen LogP contribution is 2.30. The molecule has 0 spiro atoms. The molecule has 0 radical (unpaired) electrons. The van der Waals surface area contributed by atoms with E-state index in [4.69, 9.17) is 5.73 Å². The molecule has 3 nitrogen and oxygen atoms in total. The summed E-state index contributed by atoms with van der Waals surface area (Å²) in [6.07, 6.45) is 1.93. The van der Waals surface area contributed by atoms with Crippen molar-refractivity contribution in [2.24, 2.45) is 5.73 Å². The number of benzene rings is 1. The molecular formula is C12H14N2O. The van der Waals surface area contributed by atoms with Gasteiger partial charge in [0, 0.05) is 30.1 Å². The van der Waals surface area contributed by atoms with Gasteiger partial charge in [-0.3, -0.25) is 0 Å². The van der Waals surface area contributed by atoms with Crippen molar-refractivity contribution in [2.75, 3.05) is 0 Å². The monoisotopic (exact) mass is 202 g/mol. The lowest BCUT2D eigenvalue weighted by molar-refractivity contribution is 0.479. The van der Waals surface area contributed by atoms with Gasteiger partial charge in [-0.25, -0.2) is 0 Å². The van der Waals surface area contributed by atoms with Crippen LogP contribution in [-0.4, -0.2) is 15.7 Å². The van der Waals surface area contributed by atoms with Gasteiger partial charge in [-0.2, -0.15) is 0 Å². The number of nitrogens with zero attached hydrogens (tertiary/aromatic N) is 1. The van der Waals surface area contributed by atoms with Gasteiger partial charge in [0.05, 0.1) is 5.52 Å². The molecule has 1 aliphatic heterocycles. The number of aryl methyl sites for hydroxylation is 1. The zero-order valence-electron chi connectivity index (χ0n) is 8.48. The fourth-order valence-corrected chi connectivity index (χ4v) is 2.42. The molecule has 1 aromatic heterocycles. The van der Waals surface area contributed by atoms with E-state index in [0.29, 0.717) is 5.75 Å². The zero-order valence-corrected chi connectivity index (χ0v) is 8.48. The van der Waals surface area contributed by atoms with Crippen LogP contribution in [0.25, 0.3) is 10.9 Å². The summed E-state index contributed by atoms with van der Waals surface area (Å²) in [6, 6.07) is 8.00. The van der Waals surface area contributed by atoms with E-state index in [-0.39, 0.29) is 6.04 Å². The number of hydrogen-bond acceptors (Lipinski definition) is 2. The number of nitrogens with two attached hydrogens (primary N) is 1. The predicted octanol–water partition coefficient (Wildman–Crippen LogP) is 1.62. The van der Waals surface area contributed by atoms with E-state index < -0.39 is 0 Å². The summed E-state index contributed by atoms with van der Waals surface area (Å²) in [5.74, 6) is 0.364. The molecule has 78 valence electrons. The third-order valence-corrected chi connectivity index (χ3v) is 3.20. The lowest BCUT2D eigenvalue weighted by Gasteiger charge is -2.21. The highest BCUT2D eigenvalue weighted by molar-refractivity contribution is 5.87. The van der Waals surface area contributed by atoms with Crippen LogP contribution in [0.5, 0.6) is 5.75 Å². The number of aromatic nitrogens is 1.